The average Bonchev–Trinajstić information content (AvgIpc) is 2.22. The zero-order chi connectivity index (χ0) is 12.0. The van der Waals surface area contributed by atoms with E-state index in [9.17, 15) is 4.79 Å². The molecule has 1 rings (SSSR count). The minimum absolute atomic E-state index is 0.0348. The predicted octanol–water partition coefficient (Wildman–Crippen LogP) is 0.825. The first-order valence-electron chi connectivity index (χ1n) is 4.70. The first-order valence-corrected chi connectivity index (χ1v) is 5.69. The van der Waals surface area contributed by atoms with E-state index in [0.717, 1.165) is 11.4 Å². The molecule has 1 heterocycles. The maximum Gasteiger partial charge on any atom is 0.231 e. The van der Waals surface area contributed by atoms with Gasteiger partial charge in [0.2, 0.25) is 5.91 Å². The van der Waals surface area contributed by atoms with E-state index >= 15 is 0 Å². The Balaban J connectivity index is 2.48. The van der Waals surface area contributed by atoms with Crippen LogP contribution < -0.4 is 5.32 Å². The van der Waals surface area contributed by atoms with E-state index in [0.29, 0.717) is 5.16 Å². The van der Waals surface area contributed by atoms with Crippen LogP contribution in [0.3, 0.4) is 0 Å². The van der Waals surface area contributed by atoms with Gasteiger partial charge in [0, 0.05) is 11.4 Å². The third-order valence-electron chi connectivity index (χ3n) is 1.66. The maximum atomic E-state index is 11.2. The van der Waals surface area contributed by atoms with Gasteiger partial charge in [-0.2, -0.15) is 5.26 Å². The lowest BCUT2D eigenvalue weighted by molar-refractivity contribution is -0.118. The Morgan fingerprint density at radius 3 is 2.69 bits per heavy atom. The van der Waals surface area contributed by atoms with Crippen molar-refractivity contribution in [3.8, 4) is 6.07 Å². The van der Waals surface area contributed by atoms with Crippen LogP contribution in [0, 0.1) is 25.2 Å². The first kappa shape index (κ1) is 12.5. The van der Waals surface area contributed by atoms with Gasteiger partial charge >= 0.3 is 0 Å². The number of nitrogens with one attached hydrogen (secondary N) is 1. The highest BCUT2D eigenvalue weighted by Gasteiger charge is 2.05. The second-order valence-corrected chi connectivity index (χ2v) is 4.10. The van der Waals surface area contributed by atoms with Gasteiger partial charge in [-0.25, -0.2) is 9.97 Å². The zero-order valence-electron chi connectivity index (χ0n) is 9.15. The van der Waals surface area contributed by atoms with Gasteiger partial charge in [0.15, 0.2) is 5.16 Å². The first-order chi connectivity index (χ1) is 7.61. The second kappa shape index (κ2) is 6.08. The summed E-state index contributed by atoms with van der Waals surface area (Å²) in [4.78, 5) is 19.6. The summed E-state index contributed by atoms with van der Waals surface area (Å²) in [5.41, 5.74) is 1.76. The normalized spacial score (nSPS) is 9.56. The molecule has 0 spiro atoms. The average molecular weight is 236 g/mol. The minimum atomic E-state index is -0.186. The summed E-state index contributed by atoms with van der Waals surface area (Å²) in [5, 5.41) is 11.3. The van der Waals surface area contributed by atoms with Crippen molar-refractivity contribution in [2.24, 2.45) is 0 Å². The summed E-state index contributed by atoms with van der Waals surface area (Å²) >= 11 is 1.26. The molecule has 0 bridgehead atoms. The van der Waals surface area contributed by atoms with E-state index in [1.165, 1.54) is 11.8 Å². The van der Waals surface area contributed by atoms with Crippen LogP contribution in [0.1, 0.15) is 11.4 Å². The number of thioether (sulfide) groups is 1. The highest BCUT2D eigenvalue weighted by Crippen LogP contribution is 2.13. The lowest BCUT2D eigenvalue weighted by Crippen LogP contribution is -2.25. The Kier molecular flexibility index (Phi) is 4.73. The molecular weight excluding hydrogens is 224 g/mol. The molecule has 0 aromatic carbocycles. The van der Waals surface area contributed by atoms with Gasteiger partial charge in [0.05, 0.1) is 11.8 Å². The van der Waals surface area contributed by atoms with Gasteiger partial charge in [-0.3, -0.25) is 4.79 Å². The Morgan fingerprint density at radius 2 is 2.12 bits per heavy atom. The number of carbonyl (C=O) groups is 1. The quantitative estimate of drug-likeness (QED) is 0.476. The molecule has 84 valence electrons. The number of rotatable bonds is 4. The Bertz CT molecular complexity index is 407. The van der Waals surface area contributed by atoms with Crippen molar-refractivity contribution in [3.63, 3.8) is 0 Å². The summed E-state index contributed by atoms with van der Waals surface area (Å²) in [5.74, 6) is 0.0409. The molecule has 1 N–H and O–H groups in total. The summed E-state index contributed by atoms with van der Waals surface area (Å²) < 4.78 is 0. The Morgan fingerprint density at radius 1 is 1.50 bits per heavy atom. The summed E-state index contributed by atoms with van der Waals surface area (Å²) in [6.45, 7) is 3.80. The largest absolute Gasteiger partial charge is 0.342 e. The summed E-state index contributed by atoms with van der Waals surface area (Å²) in [6, 6.07) is 3.72. The third-order valence-corrected chi connectivity index (χ3v) is 2.51. The summed E-state index contributed by atoms with van der Waals surface area (Å²) in [7, 11) is 0. The standard InChI is InChI=1S/C10H12N4OS/c1-7-5-8(2)14-10(13-7)16-6-9(15)12-4-3-11/h5H,4,6H2,1-2H3,(H,12,15). The SMILES string of the molecule is Cc1cc(C)nc(SCC(=O)NCC#N)n1. The fraction of sp³-hybridized carbons (Fsp3) is 0.400. The molecule has 0 unspecified atom stereocenters. The van der Waals surface area contributed by atoms with Crippen LogP contribution in [0.4, 0.5) is 0 Å². The highest BCUT2D eigenvalue weighted by atomic mass is 32.2. The van der Waals surface area contributed by atoms with Crippen molar-refractivity contribution in [3.05, 3.63) is 17.5 Å². The van der Waals surface area contributed by atoms with Crippen molar-refractivity contribution in [1.82, 2.24) is 15.3 Å². The van der Waals surface area contributed by atoms with E-state index in [4.69, 9.17) is 5.26 Å². The minimum Gasteiger partial charge on any atom is -0.342 e. The molecule has 6 heteroatoms. The van der Waals surface area contributed by atoms with Crippen LogP contribution in [0.25, 0.3) is 0 Å². The molecule has 16 heavy (non-hydrogen) atoms. The van der Waals surface area contributed by atoms with Crippen molar-refractivity contribution < 1.29 is 4.79 Å². The van der Waals surface area contributed by atoms with Gasteiger partial charge in [0.1, 0.15) is 6.54 Å². The molecule has 1 amide bonds. The molecule has 0 aliphatic heterocycles. The Hall–Kier alpha value is -1.61. The molecule has 0 aliphatic carbocycles. The zero-order valence-corrected chi connectivity index (χ0v) is 9.97. The summed E-state index contributed by atoms with van der Waals surface area (Å²) in [6.07, 6.45) is 0. The van der Waals surface area contributed by atoms with Gasteiger partial charge in [-0.05, 0) is 19.9 Å². The number of aryl methyl sites for hydroxylation is 2. The number of aromatic nitrogens is 2. The van der Waals surface area contributed by atoms with E-state index in [1.54, 1.807) is 0 Å². The topological polar surface area (TPSA) is 78.7 Å². The van der Waals surface area contributed by atoms with Crippen LogP contribution in [-0.2, 0) is 4.79 Å². The van der Waals surface area contributed by atoms with Crippen LogP contribution in [0.5, 0.6) is 0 Å². The highest BCUT2D eigenvalue weighted by molar-refractivity contribution is 7.99. The molecule has 0 saturated carbocycles. The van der Waals surface area contributed by atoms with Crippen molar-refractivity contribution >= 4 is 17.7 Å². The number of hydrogen-bond acceptors (Lipinski definition) is 5. The van der Waals surface area contributed by atoms with E-state index in [1.807, 2.05) is 26.0 Å². The maximum absolute atomic E-state index is 11.2. The molecule has 0 aliphatic rings. The fourth-order valence-corrected chi connectivity index (χ4v) is 1.86. The van der Waals surface area contributed by atoms with Crippen LogP contribution in [0.15, 0.2) is 11.2 Å². The smallest absolute Gasteiger partial charge is 0.231 e. The fourth-order valence-electron chi connectivity index (χ4n) is 1.08. The third kappa shape index (κ3) is 4.28. The van der Waals surface area contributed by atoms with Crippen LogP contribution in [-0.4, -0.2) is 28.2 Å². The molecule has 0 atom stereocenters. The lowest BCUT2D eigenvalue weighted by atomic mass is 10.4. The van der Waals surface area contributed by atoms with Gasteiger partial charge in [-0.15, -0.1) is 0 Å². The lowest BCUT2D eigenvalue weighted by Gasteiger charge is -2.02. The van der Waals surface area contributed by atoms with Crippen molar-refractivity contribution in [2.45, 2.75) is 19.0 Å². The molecule has 0 saturated heterocycles. The number of carbonyl (C=O) groups excluding carboxylic acids is 1. The number of amides is 1. The molecule has 5 nitrogen and oxygen atoms in total. The molecule has 1 aromatic heterocycles. The van der Waals surface area contributed by atoms with E-state index < -0.39 is 0 Å². The van der Waals surface area contributed by atoms with Crippen molar-refractivity contribution in [2.75, 3.05) is 12.3 Å². The molecular formula is C10H12N4OS. The van der Waals surface area contributed by atoms with Crippen molar-refractivity contribution in [1.29, 1.82) is 5.26 Å². The molecule has 0 radical (unpaired) electrons. The predicted molar refractivity (Wildman–Crippen MR) is 60.9 cm³/mol. The van der Waals surface area contributed by atoms with E-state index in [-0.39, 0.29) is 18.2 Å². The van der Waals surface area contributed by atoms with Gasteiger partial charge in [0.25, 0.3) is 0 Å². The number of hydrogen-bond donors (Lipinski definition) is 1. The van der Waals surface area contributed by atoms with E-state index in [2.05, 4.69) is 15.3 Å². The number of nitriles is 1. The Labute approximate surface area is 98.3 Å². The molecule has 1 aromatic rings. The van der Waals surface area contributed by atoms with Gasteiger partial charge in [-0.1, -0.05) is 11.8 Å². The van der Waals surface area contributed by atoms with Crippen LogP contribution >= 0.6 is 11.8 Å². The van der Waals surface area contributed by atoms with Gasteiger partial charge < -0.3 is 5.32 Å². The second-order valence-electron chi connectivity index (χ2n) is 3.16. The molecule has 0 fully saturated rings. The number of nitrogens with zero attached hydrogens (tertiary/aromatic N) is 3. The monoisotopic (exact) mass is 236 g/mol. The van der Waals surface area contributed by atoms with Crippen LogP contribution in [0.2, 0.25) is 0 Å².